The summed E-state index contributed by atoms with van der Waals surface area (Å²) in [6, 6.07) is 0.639. The second kappa shape index (κ2) is 3.33. The smallest absolute Gasteiger partial charge is 0.0476 e. The minimum Gasteiger partial charge on any atom is -0.252 e. The van der Waals surface area contributed by atoms with Crippen LogP contribution in [-0.2, 0) is 0 Å². The van der Waals surface area contributed by atoms with Crippen LogP contribution in [0.4, 0.5) is 0 Å². The zero-order valence-electron chi connectivity index (χ0n) is 8.52. The summed E-state index contributed by atoms with van der Waals surface area (Å²) in [5, 5.41) is 0. The van der Waals surface area contributed by atoms with E-state index < -0.39 is 0 Å². The summed E-state index contributed by atoms with van der Waals surface area (Å²) in [5.41, 5.74) is 7.28. The maximum atomic E-state index is 3.47. The number of hydrogen-bond acceptors (Lipinski definition) is 4. The summed E-state index contributed by atoms with van der Waals surface area (Å²) in [6.07, 6.45) is 0. The molecule has 0 radical (unpaired) electrons. The topological polar surface area (TPSA) is 24.1 Å². The number of hydrazine groups is 1. The predicted molar refractivity (Wildman–Crippen MR) is 62.3 cm³/mol. The summed E-state index contributed by atoms with van der Waals surface area (Å²) < 4.78 is 0.417. The monoisotopic (exact) mass is 218 g/mol. The van der Waals surface area contributed by atoms with Crippen molar-refractivity contribution >= 4 is 23.5 Å². The van der Waals surface area contributed by atoms with Crippen molar-refractivity contribution in [1.29, 1.82) is 0 Å². The lowest BCUT2D eigenvalue weighted by Crippen LogP contribution is -2.66. The van der Waals surface area contributed by atoms with Gasteiger partial charge in [0, 0.05) is 33.6 Å². The van der Waals surface area contributed by atoms with Crippen molar-refractivity contribution in [2.75, 3.05) is 17.3 Å². The molecule has 0 aromatic heterocycles. The van der Waals surface area contributed by atoms with Crippen molar-refractivity contribution in [3.8, 4) is 0 Å². The van der Waals surface area contributed by atoms with E-state index in [4.69, 9.17) is 0 Å². The van der Waals surface area contributed by atoms with E-state index in [1.165, 1.54) is 17.3 Å². The van der Waals surface area contributed by atoms with Gasteiger partial charge in [0.05, 0.1) is 0 Å². The molecule has 0 aromatic rings. The second-order valence-electron chi connectivity index (χ2n) is 4.79. The summed E-state index contributed by atoms with van der Waals surface area (Å²) in [4.78, 5) is 0. The van der Waals surface area contributed by atoms with Gasteiger partial charge in [-0.05, 0) is 20.8 Å². The maximum absolute atomic E-state index is 3.47. The van der Waals surface area contributed by atoms with Gasteiger partial charge in [-0.1, -0.05) is 0 Å². The molecule has 0 spiro atoms. The lowest BCUT2D eigenvalue weighted by Gasteiger charge is -2.47. The van der Waals surface area contributed by atoms with Crippen LogP contribution in [0.3, 0.4) is 0 Å². The molecule has 1 unspecified atom stereocenters. The van der Waals surface area contributed by atoms with E-state index in [-0.39, 0.29) is 0 Å². The Morgan fingerprint density at radius 2 is 1.92 bits per heavy atom. The average molecular weight is 218 g/mol. The van der Waals surface area contributed by atoms with Crippen molar-refractivity contribution in [2.24, 2.45) is 0 Å². The van der Waals surface area contributed by atoms with Crippen LogP contribution in [0, 0.1) is 0 Å². The zero-order chi connectivity index (χ0) is 9.53. The molecule has 0 amide bonds. The van der Waals surface area contributed by atoms with Crippen molar-refractivity contribution in [3.63, 3.8) is 0 Å². The van der Waals surface area contributed by atoms with Crippen LogP contribution in [0.25, 0.3) is 0 Å². The molecule has 2 fully saturated rings. The Morgan fingerprint density at radius 1 is 1.23 bits per heavy atom. The van der Waals surface area contributed by atoms with Crippen molar-refractivity contribution in [2.45, 2.75) is 37.1 Å². The fourth-order valence-corrected chi connectivity index (χ4v) is 3.56. The van der Waals surface area contributed by atoms with Gasteiger partial charge in [-0.15, -0.1) is 0 Å². The first-order valence-electron chi connectivity index (χ1n) is 4.76. The lowest BCUT2D eigenvalue weighted by molar-refractivity contribution is 0.292. The minimum absolute atomic E-state index is 0.348. The SMILES string of the molecule is CC1(NNC2CSC2(C)C)CSC1. The quantitative estimate of drug-likeness (QED) is 0.701. The summed E-state index contributed by atoms with van der Waals surface area (Å²) in [6.45, 7) is 6.89. The zero-order valence-corrected chi connectivity index (χ0v) is 10.1. The molecule has 76 valence electrons. The predicted octanol–water partition coefficient (Wildman–Crippen LogP) is 1.48. The van der Waals surface area contributed by atoms with Crippen LogP contribution < -0.4 is 10.9 Å². The number of hydrogen-bond donors (Lipinski definition) is 2. The van der Waals surface area contributed by atoms with Gasteiger partial charge in [-0.25, -0.2) is 5.43 Å². The Balaban J connectivity index is 1.74. The molecule has 0 aliphatic carbocycles. The van der Waals surface area contributed by atoms with Crippen LogP contribution >= 0.6 is 23.5 Å². The lowest BCUT2D eigenvalue weighted by atomic mass is 10.0. The fourth-order valence-electron chi connectivity index (χ4n) is 1.46. The van der Waals surface area contributed by atoms with Gasteiger partial charge in [0.1, 0.15) is 0 Å². The van der Waals surface area contributed by atoms with Crippen molar-refractivity contribution in [1.82, 2.24) is 10.9 Å². The largest absolute Gasteiger partial charge is 0.252 e. The maximum Gasteiger partial charge on any atom is 0.0476 e. The Kier molecular flexibility index (Phi) is 2.60. The van der Waals surface area contributed by atoms with E-state index in [1.807, 2.05) is 23.5 Å². The average Bonchev–Trinajstić information content (AvgIpc) is 2.00. The first kappa shape index (κ1) is 10.1. The third-order valence-corrected chi connectivity index (χ3v) is 6.06. The molecule has 2 aliphatic rings. The van der Waals surface area contributed by atoms with E-state index in [0.29, 0.717) is 16.3 Å². The van der Waals surface area contributed by atoms with Gasteiger partial charge in [-0.3, -0.25) is 5.43 Å². The molecule has 2 saturated heterocycles. The molecule has 13 heavy (non-hydrogen) atoms. The molecule has 1 atom stereocenters. The van der Waals surface area contributed by atoms with Gasteiger partial charge < -0.3 is 0 Å². The first-order valence-corrected chi connectivity index (χ1v) is 6.90. The number of nitrogens with one attached hydrogen (secondary N) is 2. The van der Waals surface area contributed by atoms with Crippen molar-refractivity contribution in [3.05, 3.63) is 0 Å². The second-order valence-corrected chi connectivity index (χ2v) is 7.45. The van der Waals surface area contributed by atoms with E-state index in [0.717, 1.165) is 0 Å². The fraction of sp³-hybridized carbons (Fsp3) is 1.00. The molecule has 2 aliphatic heterocycles. The summed E-state index contributed by atoms with van der Waals surface area (Å²) in [7, 11) is 0. The molecular weight excluding hydrogens is 200 g/mol. The van der Waals surface area contributed by atoms with Gasteiger partial charge in [0.25, 0.3) is 0 Å². The van der Waals surface area contributed by atoms with Crippen LogP contribution in [0.1, 0.15) is 20.8 Å². The third-order valence-electron chi connectivity index (χ3n) is 2.85. The van der Waals surface area contributed by atoms with Crippen LogP contribution in [0.5, 0.6) is 0 Å². The third kappa shape index (κ3) is 2.01. The Morgan fingerprint density at radius 3 is 2.23 bits per heavy atom. The van der Waals surface area contributed by atoms with E-state index in [9.17, 15) is 0 Å². The Bertz CT molecular complexity index is 202. The highest BCUT2D eigenvalue weighted by Crippen LogP contribution is 2.40. The van der Waals surface area contributed by atoms with Gasteiger partial charge in [-0.2, -0.15) is 23.5 Å². The molecule has 0 saturated carbocycles. The standard InChI is InChI=1S/C9H18N2S2/c1-8(2)7(4-13-8)10-11-9(3)5-12-6-9/h7,10-11H,4-6H2,1-3H3. The minimum atomic E-state index is 0.348. The van der Waals surface area contributed by atoms with E-state index in [1.54, 1.807) is 0 Å². The molecular formula is C9H18N2S2. The molecule has 0 aromatic carbocycles. The van der Waals surface area contributed by atoms with Gasteiger partial charge in [0.2, 0.25) is 0 Å². The Hall–Kier alpha value is 0.620. The summed E-state index contributed by atoms with van der Waals surface area (Å²) >= 11 is 4.05. The van der Waals surface area contributed by atoms with Crippen LogP contribution in [0.15, 0.2) is 0 Å². The van der Waals surface area contributed by atoms with Crippen LogP contribution in [0.2, 0.25) is 0 Å². The summed E-state index contributed by atoms with van der Waals surface area (Å²) in [5.74, 6) is 3.71. The molecule has 4 heteroatoms. The van der Waals surface area contributed by atoms with Gasteiger partial charge in [0.15, 0.2) is 0 Å². The molecule has 2 N–H and O–H groups in total. The molecule has 2 heterocycles. The molecule has 0 bridgehead atoms. The first-order chi connectivity index (χ1) is 6.02. The van der Waals surface area contributed by atoms with E-state index in [2.05, 4.69) is 31.6 Å². The van der Waals surface area contributed by atoms with Crippen LogP contribution in [-0.4, -0.2) is 33.6 Å². The Labute approximate surface area is 89.0 Å². The molecule has 2 nitrogen and oxygen atoms in total. The highest BCUT2D eigenvalue weighted by Gasteiger charge is 2.41. The van der Waals surface area contributed by atoms with Crippen molar-refractivity contribution < 1.29 is 0 Å². The normalized spacial score (nSPS) is 34.8. The highest BCUT2D eigenvalue weighted by atomic mass is 32.2. The number of thioether (sulfide) groups is 2. The highest BCUT2D eigenvalue weighted by molar-refractivity contribution is 8.02. The number of rotatable bonds is 3. The van der Waals surface area contributed by atoms with E-state index >= 15 is 0 Å². The molecule has 2 rings (SSSR count). The van der Waals surface area contributed by atoms with Gasteiger partial charge >= 0.3 is 0 Å².